The van der Waals surface area contributed by atoms with Crippen LogP contribution >= 0.6 is 0 Å². The number of methoxy groups -OCH3 is 2. The van der Waals surface area contributed by atoms with E-state index in [-0.39, 0.29) is 11.3 Å². The number of carbonyl (C=O) groups excluding carboxylic acids is 1. The van der Waals surface area contributed by atoms with E-state index in [0.29, 0.717) is 5.82 Å². The number of hydrogen-bond acceptors (Lipinski definition) is 4. The number of benzene rings is 3. The Hall–Kier alpha value is -3.64. The Balaban J connectivity index is 1.79. The number of ether oxygens (including phenoxy) is 2. The van der Waals surface area contributed by atoms with E-state index < -0.39 is 5.60 Å². The summed E-state index contributed by atoms with van der Waals surface area (Å²) in [6, 6.07) is 21.6. The van der Waals surface area contributed by atoms with Gasteiger partial charge in [0.2, 0.25) is 0 Å². The molecule has 35 heavy (non-hydrogen) atoms. The first-order valence-electron chi connectivity index (χ1n) is 11.7. The van der Waals surface area contributed by atoms with Crippen LogP contribution in [0.25, 0.3) is 16.5 Å². The van der Waals surface area contributed by atoms with E-state index >= 15 is 0 Å². The van der Waals surface area contributed by atoms with E-state index in [9.17, 15) is 4.79 Å². The van der Waals surface area contributed by atoms with Gasteiger partial charge in [-0.1, -0.05) is 68.8 Å². The fraction of sp³-hybridized carbons (Fsp3) is 0.310. The number of aryl methyl sites for hydroxylation is 1. The molecule has 1 unspecified atom stereocenters. The van der Waals surface area contributed by atoms with Gasteiger partial charge < -0.3 is 14.8 Å². The molecule has 0 aliphatic carbocycles. The van der Waals surface area contributed by atoms with Crippen LogP contribution in [0.4, 0.5) is 5.82 Å². The van der Waals surface area contributed by atoms with Crippen molar-refractivity contribution >= 4 is 22.5 Å². The molecule has 1 amide bonds. The Kier molecular flexibility index (Phi) is 6.43. The van der Waals surface area contributed by atoms with Gasteiger partial charge in [-0.25, -0.2) is 4.68 Å². The molecule has 1 heterocycles. The van der Waals surface area contributed by atoms with Gasteiger partial charge in [-0.3, -0.25) is 4.79 Å². The lowest BCUT2D eigenvalue weighted by atomic mass is 9.89. The SMILES string of the molecule is COc1ccc(C(C)(OC)C(=O)Nc2cc(C(C)(C)C)nn2-c2ccc(C)cc2)c2ccccc12. The molecular weight excluding hydrogens is 438 g/mol. The first-order valence-corrected chi connectivity index (χ1v) is 11.7. The molecule has 0 saturated carbocycles. The van der Waals surface area contributed by atoms with Crippen LogP contribution in [0.15, 0.2) is 66.7 Å². The van der Waals surface area contributed by atoms with Crippen LogP contribution in [0.3, 0.4) is 0 Å². The molecule has 1 aromatic heterocycles. The zero-order valence-electron chi connectivity index (χ0n) is 21.5. The standard InChI is InChI=1S/C29H33N3O3/c1-19-12-14-20(15-13-19)32-26(18-25(31-32)28(2,3)4)30-27(33)29(5,35-7)23-16-17-24(34-6)22-11-9-8-10-21(22)23/h8-18H,1-7H3,(H,30,33). The normalized spacial score (nSPS) is 13.5. The van der Waals surface area contributed by atoms with Crippen LogP contribution in [0.1, 0.15) is 44.5 Å². The molecule has 1 N–H and O–H groups in total. The lowest BCUT2D eigenvalue weighted by molar-refractivity contribution is -0.136. The van der Waals surface area contributed by atoms with Gasteiger partial charge in [-0.05, 0) is 37.4 Å². The summed E-state index contributed by atoms with van der Waals surface area (Å²) in [7, 11) is 3.19. The second-order valence-electron chi connectivity index (χ2n) is 9.96. The van der Waals surface area contributed by atoms with Gasteiger partial charge in [0.1, 0.15) is 11.6 Å². The van der Waals surface area contributed by atoms with E-state index in [1.807, 2.05) is 73.7 Å². The summed E-state index contributed by atoms with van der Waals surface area (Å²) in [5.74, 6) is 1.05. The number of fused-ring (bicyclic) bond motifs is 1. The number of amides is 1. The summed E-state index contributed by atoms with van der Waals surface area (Å²) >= 11 is 0. The Bertz CT molecular complexity index is 1370. The Morgan fingerprint density at radius 2 is 1.57 bits per heavy atom. The molecule has 4 rings (SSSR count). The van der Waals surface area contributed by atoms with Crippen molar-refractivity contribution < 1.29 is 14.3 Å². The van der Waals surface area contributed by atoms with Gasteiger partial charge in [-0.15, -0.1) is 0 Å². The molecule has 0 bridgehead atoms. The molecule has 0 radical (unpaired) electrons. The first-order chi connectivity index (χ1) is 16.6. The molecule has 4 aromatic rings. The van der Waals surface area contributed by atoms with E-state index in [0.717, 1.165) is 39.0 Å². The minimum atomic E-state index is -1.25. The fourth-order valence-electron chi connectivity index (χ4n) is 4.15. The highest BCUT2D eigenvalue weighted by Gasteiger charge is 2.38. The van der Waals surface area contributed by atoms with Crippen LogP contribution in [0.5, 0.6) is 5.75 Å². The van der Waals surface area contributed by atoms with Crippen molar-refractivity contribution in [1.82, 2.24) is 9.78 Å². The predicted octanol–water partition coefficient (Wildman–Crippen LogP) is 6.14. The smallest absolute Gasteiger partial charge is 0.262 e. The monoisotopic (exact) mass is 471 g/mol. The highest BCUT2D eigenvalue weighted by molar-refractivity contribution is 6.02. The molecule has 0 fully saturated rings. The third kappa shape index (κ3) is 4.54. The summed E-state index contributed by atoms with van der Waals surface area (Å²) in [4.78, 5) is 13.9. The van der Waals surface area contributed by atoms with Crippen LogP contribution in [0.2, 0.25) is 0 Å². The quantitative estimate of drug-likeness (QED) is 0.367. The highest BCUT2D eigenvalue weighted by Crippen LogP contribution is 2.37. The van der Waals surface area contributed by atoms with Gasteiger partial charge in [-0.2, -0.15) is 5.10 Å². The van der Waals surface area contributed by atoms with Crippen LogP contribution in [-0.4, -0.2) is 29.9 Å². The Morgan fingerprint density at radius 1 is 0.914 bits per heavy atom. The first kappa shape index (κ1) is 24.5. The zero-order chi connectivity index (χ0) is 25.4. The number of anilines is 1. The largest absolute Gasteiger partial charge is 0.496 e. The van der Waals surface area contributed by atoms with Crippen molar-refractivity contribution in [3.05, 3.63) is 83.6 Å². The molecule has 6 heteroatoms. The van der Waals surface area contributed by atoms with Crippen molar-refractivity contribution in [2.24, 2.45) is 0 Å². The van der Waals surface area contributed by atoms with Gasteiger partial charge in [0, 0.05) is 29.5 Å². The van der Waals surface area contributed by atoms with Gasteiger partial charge in [0.05, 0.1) is 18.5 Å². The van der Waals surface area contributed by atoms with Crippen molar-refractivity contribution in [2.75, 3.05) is 19.5 Å². The van der Waals surface area contributed by atoms with E-state index in [4.69, 9.17) is 14.6 Å². The third-order valence-corrected chi connectivity index (χ3v) is 6.46. The van der Waals surface area contributed by atoms with Crippen LogP contribution in [-0.2, 0) is 20.5 Å². The summed E-state index contributed by atoms with van der Waals surface area (Å²) in [6.07, 6.45) is 0. The van der Waals surface area contributed by atoms with Crippen molar-refractivity contribution in [3.8, 4) is 11.4 Å². The lowest BCUT2D eigenvalue weighted by Gasteiger charge is -2.29. The summed E-state index contributed by atoms with van der Waals surface area (Å²) < 4.78 is 13.2. The molecule has 0 saturated heterocycles. The third-order valence-electron chi connectivity index (χ3n) is 6.46. The molecule has 3 aromatic carbocycles. The van der Waals surface area contributed by atoms with Gasteiger partial charge in [0.15, 0.2) is 5.60 Å². The minimum absolute atomic E-state index is 0.188. The molecule has 0 spiro atoms. The maximum atomic E-state index is 13.9. The molecule has 182 valence electrons. The lowest BCUT2D eigenvalue weighted by Crippen LogP contribution is -2.40. The predicted molar refractivity (Wildman–Crippen MR) is 140 cm³/mol. The Morgan fingerprint density at radius 3 is 2.17 bits per heavy atom. The zero-order valence-corrected chi connectivity index (χ0v) is 21.5. The molecule has 0 aliphatic heterocycles. The molecular formula is C29H33N3O3. The summed E-state index contributed by atoms with van der Waals surface area (Å²) in [5.41, 5.74) is 2.22. The van der Waals surface area contributed by atoms with Crippen molar-refractivity contribution in [1.29, 1.82) is 0 Å². The van der Waals surface area contributed by atoms with Crippen LogP contribution < -0.4 is 10.1 Å². The van der Waals surface area contributed by atoms with Gasteiger partial charge >= 0.3 is 0 Å². The number of hydrogen-bond donors (Lipinski definition) is 1. The average molecular weight is 472 g/mol. The summed E-state index contributed by atoms with van der Waals surface area (Å²) in [6.45, 7) is 10.1. The number of rotatable bonds is 6. The minimum Gasteiger partial charge on any atom is -0.496 e. The van der Waals surface area contributed by atoms with E-state index in [2.05, 4.69) is 26.1 Å². The highest BCUT2D eigenvalue weighted by atomic mass is 16.5. The van der Waals surface area contributed by atoms with Crippen molar-refractivity contribution in [2.45, 2.75) is 45.6 Å². The molecule has 1 atom stereocenters. The Labute approximate surface area is 206 Å². The average Bonchev–Trinajstić information content (AvgIpc) is 3.27. The van der Waals surface area contributed by atoms with Crippen LogP contribution in [0, 0.1) is 6.92 Å². The second kappa shape index (κ2) is 9.19. The second-order valence-corrected chi connectivity index (χ2v) is 9.96. The number of nitrogens with one attached hydrogen (secondary N) is 1. The van der Waals surface area contributed by atoms with Crippen molar-refractivity contribution in [3.63, 3.8) is 0 Å². The number of carbonyl (C=O) groups is 1. The number of nitrogens with zero attached hydrogens (tertiary/aromatic N) is 2. The fourth-order valence-corrected chi connectivity index (χ4v) is 4.15. The van der Waals surface area contributed by atoms with E-state index in [1.54, 1.807) is 25.8 Å². The molecule has 0 aliphatic rings. The molecule has 6 nitrogen and oxygen atoms in total. The van der Waals surface area contributed by atoms with Gasteiger partial charge in [0.25, 0.3) is 5.91 Å². The summed E-state index contributed by atoms with van der Waals surface area (Å²) in [5, 5.41) is 9.75. The number of aromatic nitrogens is 2. The maximum Gasteiger partial charge on any atom is 0.262 e. The van der Waals surface area contributed by atoms with E-state index in [1.165, 1.54) is 0 Å². The maximum absolute atomic E-state index is 13.9. The topological polar surface area (TPSA) is 65.4 Å².